The summed E-state index contributed by atoms with van der Waals surface area (Å²) in [6, 6.07) is 3.77. The molecule has 0 fully saturated rings. The van der Waals surface area contributed by atoms with Crippen LogP contribution in [-0.2, 0) is 22.7 Å². The van der Waals surface area contributed by atoms with Crippen LogP contribution in [0.5, 0.6) is 0 Å². The highest BCUT2D eigenvalue weighted by Gasteiger charge is 2.33. The number of hydrogen-bond acceptors (Lipinski definition) is 6. The van der Waals surface area contributed by atoms with Crippen LogP contribution >= 0.6 is 11.3 Å². The van der Waals surface area contributed by atoms with Crippen LogP contribution in [0.25, 0.3) is 10.6 Å². The second-order valence-electron chi connectivity index (χ2n) is 7.69. The Morgan fingerprint density at radius 1 is 1.25 bits per heavy atom. The van der Waals surface area contributed by atoms with E-state index in [0.29, 0.717) is 6.54 Å². The number of carbonyl (C=O) groups is 1. The van der Waals surface area contributed by atoms with E-state index < -0.39 is 27.7 Å². The smallest absolute Gasteiger partial charge is 0.271 e. The summed E-state index contributed by atoms with van der Waals surface area (Å²) in [5, 5.41) is 4.16. The Bertz CT molecular complexity index is 1260. The molecule has 12 heteroatoms. The van der Waals surface area contributed by atoms with Gasteiger partial charge in [0.1, 0.15) is 14.8 Å². The van der Waals surface area contributed by atoms with Gasteiger partial charge in [0.15, 0.2) is 0 Å². The molecule has 1 aromatic carbocycles. The highest BCUT2D eigenvalue weighted by atomic mass is 32.2. The Morgan fingerprint density at radius 3 is 2.56 bits per heavy atom. The van der Waals surface area contributed by atoms with E-state index in [4.69, 9.17) is 0 Å². The molecule has 3 aromatic rings. The lowest BCUT2D eigenvalue weighted by atomic mass is 10.0. The SMILES string of the molecule is Cc1ccc(-c2nc(C)c(C(=O)NS(=O)(=O)c3cnn(CC(C)C)c3)s2)cc1C(F)(F)F. The van der Waals surface area contributed by atoms with Crippen molar-refractivity contribution in [3.8, 4) is 10.6 Å². The van der Waals surface area contributed by atoms with Gasteiger partial charge in [-0.25, -0.2) is 18.1 Å². The Labute approximate surface area is 187 Å². The van der Waals surface area contributed by atoms with Gasteiger partial charge in [-0.3, -0.25) is 9.48 Å². The maximum atomic E-state index is 13.2. The molecule has 2 aromatic heterocycles. The predicted molar refractivity (Wildman–Crippen MR) is 114 cm³/mol. The van der Waals surface area contributed by atoms with Crippen LogP contribution in [0, 0.1) is 19.8 Å². The lowest BCUT2D eigenvalue weighted by molar-refractivity contribution is -0.138. The van der Waals surface area contributed by atoms with Crippen LogP contribution in [-0.4, -0.2) is 29.1 Å². The van der Waals surface area contributed by atoms with Crippen molar-refractivity contribution in [1.82, 2.24) is 19.5 Å². The normalized spacial score (nSPS) is 12.4. The van der Waals surface area contributed by atoms with E-state index in [1.807, 2.05) is 18.6 Å². The average Bonchev–Trinajstić information content (AvgIpc) is 3.27. The number of amides is 1. The highest BCUT2D eigenvalue weighted by molar-refractivity contribution is 7.90. The Balaban J connectivity index is 1.86. The maximum Gasteiger partial charge on any atom is 0.416 e. The van der Waals surface area contributed by atoms with E-state index in [1.54, 1.807) is 0 Å². The van der Waals surface area contributed by atoms with Crippen molar-refractivity contribution in [2.45, 2.75) is 45.3 Å². The number of aryl methyl sites for hydroxylation is 2. The summed E-state index contributed by atoms with van der Waals surface area (Å²) in [6.45, 7) is 7.26. The minimum absolute atomic E-state index is 0.00715. The summed E-state index contributed by atoms with van der Waals surface area (Å²) in [7, 11) is -4.18. The van der Waals surface area contributed by atoms with Crippen molar-refractivity contribution in [1.29, 1.82) is 0 Å². The topological polar surface area (TPSA) is 93.9 Å². The van der Waals surface area contributed by atoms with Crippen molar-refractivity contribution in [3.05, 3.63) is 52.3 Å². The van der Waals surface area contributed by atoms with E-state index in [1.165, 1.54) is 36.9 Å². The van der Waals surface area contributed by atoms with Gasteiger partial charge in [0.2, 0.25) is 0 Å². The number of aromatic nitrogens is 3. The van der Waals surface area contributed by atoms with Crippen LogP contribution in [0.4, 0.5) is 13.2 Å². The number of carbonyl (C=O) groups excluding carboxylic acids is 1. The molecule has 0 saturated carbocycles. The molecule has 0 radical (unpaired) electrons. The van der Waals surface area contributed by atoms with Crippen LogP contribution in [0.1, 0.15) is 40.3 Å². The summed E-state index contributed by atoms with van der Waals surface area (Å²) < 4.78 is 68.2. The molecule has 0 aliphatic rings. The minimum Gasteiger partial charge on any atom is -0.271 e. The molecule has 32 heavy (non-hydrogen) atoms. The van der Waals surface area contributed by atoms with Gasteiger partial charge in [-0.1, -0.05) is 26.0 Å². The monoisotopic (exact) mass is 486 g/mol. The zero-order chi connectivity index (χ0) is 23.8. The quantitative estimate of drug-likeness (QED) is 0.557. The number of halogens is 3. The first-order valence-corrected chi connectivity index (χ1v) is 11.8. The summed E-state index contributed by atoms with van der Waals surface area (Å²) in [5.74, 6) is -0.663. The number of nitrogens with one attached hydrogen (secondary N) is 1. The standard InChI is InChI=1S/C20H21F3N4O3S2/c1-11(2)9-27-10-15(8-24-27)32(29,30)26-18(28)17-13(4)25-19(31-17)14-6-5-12(3)16(7-14)20(21,22)23/h5-8,10-11H,9H2,1-4H3,(H,26,28). The minimum atomic E-state index is -4.53. The van der Waals surface area contributed by atoms with E-state index in [9.17, 15) is 26.4 Å². The van der Waals surface area contributed by atoms with Gasteiger partial charge in [0.25, 0.3) is 15.9 Å². The molecular formula is C20H21F3N4O3S2. The highest BCUT2D eigenvalue weighted by Crippen LogP contribution is 2.36. The number of rotatable bonds is 6. The van der Waals surface area contributed by atoms with Crippen molar-refractivity contribution in [2.24, 2.45) is 5.92 Å². The zero-order valence-electron chi connectivity index (χ0n) is 17.7. The summed E-state index contributed by atoms with van der Waals surface area (Å²) >= 11 is 0.820. The Morgan fingerprint density at radius 2 is 1.94 bits per heavy atom. The van der Waals surface area contributed by atoms with E-state index in [2.05, 4.69) is 10.1 Å². The molecule has 3 rings (SSSR count). The van der Waals surface area contributed by atoms with Gasteiger partial charge >= 0.3 is 6.18 Å². The third kappa shape index (κ3) is 5.18. The predicted octanol–water partition coefficient (Wildman–Crippen LogP) is 4.42. The molecule has 7 nitrogen and oxygen atoms in total. The van der Waals surface area contributed by atoms with E-state index in [-0.39, 0.29) is 37.5 Å². The molecular weight excluding hydrogens is 465 g/mol. The second kappa shape index (κ2) is 8.66. The van der Waals surface area contributed by atoms with Crippen molar-refractivity contribution >= 4 is 27.3 Å². The second-order valence-corrected chi connectivity index (χ2v) is 10.4. The van der Waals surface area contributed by atoms with Gasteiger partial charge in [-0.2, -0.15) is 18.3 Å². The van der Waals surface area contributed by atoms with E-state index >= 15 is 0 Å². The Kier molecular flexibility index (Phi) is 6.47. The largest absolute Gasteiger partial charge is 0.416 e. The first-order valence-electron chi connectivity index (χ1n) is 9.53. The maximum absolute atomic E-state index is 13.2. The van der Waals surface area contributed by atoms with Crippen LogP contribution in [0.15, 0.2) is 35.5 Å². The fraction of sp³-hybridized carbons (Fsp3) is 0.350. The molecule has 1 N–H and O–H groups in total. The first-order chi connectivity index (χ1) is 14.8. The molecule has 0 unspecified atom stereocenters. The molecule has 0 atom stereocenters. The average molecular weight is 487 g/mol. The first kappa shape index (κ1) is 23.9. The lowest BCUT2D eigenvalue weighted by Gasteiger charge is -2.11. The fourth-order valence-corrected chi connectivity index (χ4v) is 4.91. The third-order valence-corrected chi connectivity index (χ3v) is 6.98. The van der Waals surface area contributed by atoms with E-state index in [0.717, 1.165) is 23.6 Å². The summed E-state index contributed by atoms with van der Waals surface area (Å²) in [6.07, 6.45) is -2.06. The molecule has 0 aliphatic heterocycles. The molecule has 0 aliphatic carbocycles. The number of sulfonamides is 1. The van der Waals surface area contributed by atoms with Crippen LogP contribution < -0.4 is 4.72 Å². The molecule has 172 valence electrons. The molecule has 0 bridgehead atoms. The lowest BCUT2D eigenvalue weighted by Crippen LogP contribution is -2.30. The van der Waals surface area contributed by atoms with Gasteiger partial charge in [-0.05, 0) is 31.4 Å². The van der Waals surface area contributed by atoms with Gasteiger partial charge in [0.05, 0.1) is 17.5 Å². The fourth-order valence-electron chi connectivity index (χ4n) is 2.98. The number of alkyl halides is 3. The van der Waals surface area contributed by atoms with Gasteiger partial charge in [-0.15, -0.1) is 11.3 Å². The molecule has 0 spiro atoms. The van der Waals surface area contributed by atoms with Crippen molar-refractivity contribution in [2.75, 3.05) is 0 Å². The number of nitrogens with zero attached hydrogens (tertiary/aromatic N) is 3. The molecule has 0 saturated heterocycles. The number of hydrogen-bond donors (Lipinski definition) is 1. The number of thiazole rings is 1. The Hall–Kier alpha value is -2.73. The summed E-state index contributed by atoms with van der Waals surface area (Å²) in [4.78, 5) is 16.6. The number of benzene rings is 1. The zero-order valence-corrected chi connectivity index (χ0v) is 19.3. The summed E-state index contributed by atoms with van der Waals surface area (Å²) in [5.41, 5.74) is -0.332. The van der Waals surface area contributed by atoms with Gasteiger partial charge < -0.3 is 0 Å². The van der Waals surface area contributed by atoms with Crippen LogP contribution in [0.3, 0.4) is 0 Å². The van der Waals surface area contributed by atoms with Crippen LogP contribution in [0.2, 0.25) is 0 Å². The van der Waals surface area contributed by atoms with Gasteiger partial charge in [0, 0.05) is 18.3 Å². The molecule has 1 amide bonds. The van der Waals surface area contributed by atoms with Crippen molar-refractivity contribution in [3.63, 3.8) is 0 Å². The van der Waals surface area contributed by atoms with Crippen molar-refractivity contribution < 1.29 is 26.4 Å². The third-order valence-electron chi connectivity index (χ3n) is 4.49. The molecule has 2 heterocycles.